The SMILES string of the molecule is C[C@@H]1CC[C@@H]2[C@@H](C)C=CC[C@@]12CCC(=O)Br. The van der Waals surface area contributed by atoms with Crippen LogP contribution < -0.4 is 0 Å². The Hall–Kier alpha value is -0.110. The van der Waals surface area contributed by atoms with E-state index < -0.39 is 0 Å². The van der Waals surface area contributed by atoms with Gasteiger partial charge in [-0.05, 0) is 64.8 Å². The summed E-state index contributed by atoms with van der Waals surface area (Å²) in [5.41, 5.74) is 0.414. The van der Waals surface area contributed by atoms with Crippen LogP contribution in [0.2, 0.25) is 0 Å². The van der Waals surface area contributed by atoms with E-state index in [0.717, 1.165) is 18.3 Å². The van der Waals surface area contributed by atoms with E-state index >= 15 is 0 Å². The second kappa shape index (κ2) is 4.64. The molecule has 2 heteroatoms. The molecule has 90 valence electrons. The number of rotatable bonds is 3. The predicted molar refractivity (Wildman–Crippen MR) is 70.4 cm³/mol. The van der Waals surface area contributed by atoms with Gasteiger partial charge in [0.15, 0.2) is 4.69 Å². The van der Waals surface area contributed by atoms with Gasteiger partial charge in [-0.25, -0.2) is 0 Å². The van der Waals surface area contributed by atoms with Crippen molar-refractivity contribution in [1.82, 2.24) is 0 Å². The summed E-state index contributed by atoms with van der Waals surface area (Å²) in [6.45, 7) is 4.72. The summed E-state index contributed by atoms with van der Waals surface area (Å²) in [6, 6.07) is 0. The molecule has 0 aromatic heterocycles. The van der Waals surface area contributed by atoms with Gasteiger partial charge < -0.3 is 0 Å². The van der Waals surface area contributed by atoms with Crippen LogP contribution in [0.5, 0.6) is 0 Å². The number of hydrogen-bond acceptors (Lipinski definition) is 1. The molecule has 0 aliphatic heterocycles. The summed E-state index contributed by atoms with van der Waals surface area (Å²) in [6.07, 6.45) is 10.4. The molecule has 1 fully saturated rings. The normalized spacial score (nSPS) is 42.1. The maximum absolute atomic E-state index is 11.2. The van der Waals surface area contributed by atoms with Gasteiger partial charge in [0.25, 0.3) is 0 Å². The van der Waals surface area contributed by atoms with Crippen LogP contribution in [-0.2, 0) is 4.79 Å². The van der Waals surface area contributed by atoms with E-state index in [9.17, 15) is 4.79 Å². The molecule has 0 N–H and O–H groups in total. The van der Waals surface area contributed by atoms with Gasteiger partial charge in [0.05, 0.1) is 0 Å². The van der Waals surface area contributed by atoms with Crippen LogP contribution in [0.1, 0.15) is 46.0 Å². The molecule has 4 atom stereocenters. The lowest BCUT2D eigenvalue weighted by Gasteiger charge is -2.43. The molecule has 0 heterocycles. The Bertz CT molecular complexity index is 310. The third-order valence-corrected chi connectivity index (χ3v) is 5.39. The summed E-state index contributed by atoms with van der Waals surface area (Å²) < 4.78 is 0.168. The van der Waals surface area contributed by atoms with Crippen molar-refractivity contribution in [1.29, 1.82) is 0 Å². The Balaban J connectivity index is 2.18. The molecule has 2 aliphatic rings. The molecule has 0 radical (unpaired) electrons. The van der Waals surface area contributed by atoms with Crippen LogP contribution in [0.25, 0.3) is 0 Å². The zero-order chi connectivity index (χ0) is 11.8. The van der Waals surface area contributed by atoms with Gasteiger partial charge in [-0.2, -0.15) is 0 Å². The number of carbonyl (C=O) groups excluding carboxylic acids is 1. The highest BCUT2D eigenvalue weighted by Gasteiger charge is 2.49. The van der Waals surface area contributed by atoms with Gasteiger partial charge in [-0.15, -0.1) is 0 Å². The molecule has 1 nitrogen and oxygen atoms in total. The summed E-state index contributed by atoms with van der Waals surface area (Å²) in [5, 5.41) is 0. The van der Waals surface area contributed by atoms with Gasteiger partial charge in [0.2, 0.25) is 0 Å². The van der Waals surface area contributed by atoms with Gasteiger partial charge in [-0.1, -0.05) is 26.0 Å². The smallest absolute Gasteiger partial charge is 0.197 e. The highest BCUT2D eigenvalue weighted by atomic mass is 79.9. The minimum atomic E-state index is 0.168. The van der Waals surface area contributed by atoms with Gasteiger partial charge in [-0.3, -0.25) is 4.79 Å². The Labute approximate surface area is 107 Å². The second-order valence-corrected chi connectivity index (χ2v) is 6.55. The fourth-order valence-electron chi connectivity index (χ4n) is 4.01. The van der Waals surface area contributed by atoms with Crippen LogP contribution in [-0.4, -0.2) is 4.69 Å². The monoisotopic (exact) mass is 284 g/mol. The molecule has 0 aromatic rings. The Morgan fingerprint density at radius 1 is 1.44 bits per heavy atom. The zero-order valence-electron chi connectivity index (χ0n) is 10.2. The number of carbonyl (C=O) groups is 1. The first-order valence-corrected chi connectivity index (χ1v) is 7.20. The van der Waals surface area contributed by atoms with E-state index in [1.807, 2.05) is 0 Å². The molecule has 2 rings (SSSR count). The molecule has 0 spiro atoms. The number of allylic oxidation sites excluding steroid dienone is 2. The fraction of sp³-hybridized carbons (Fsp3) is 0.786. The van der Waals surface area contributed by atoms with Gasteiger partial charge >= 0.3 is 0 Å². The van der Waals surface area contributed by atoms with Crippen LogP contribution >= 0.6 is 15.9 Å². The van der Waals surface area contributed by atoms with Gasteiger partial charge in [0.1, 0.15) is 0 Å². The molecular formula is C14H21BrO. The Morgan fingerprint density at radius 3 is 2.88 bits per heavy atom. The molecule has 16 heavy (non-hydrogen) atoms. The molecule has 1 saturated carbocycles. The topological polar surface area (TPSA) is 17.1 Å². The highest BCUT2D eigenvalue weighted by molar-refractivity contribution is 9.18. The third-order valence-electron chi connectivity index (χ3n) is 4.99. The maximum atomic E-state index is 11.2. The van der Waals surface area contributed by atoms with Crippen molar-refractivity contribution in [2.75, 3.05) is 0 Å². The lowest BCUT2D eigenvalue weighted by molar-refractivity contribution is -0.111. The molecule has 0 saturated heterocycles. The Morgan fingerprint density at radius 2 is 2.19 bits per heavy atom. The molecule has 0 unspecified atom stereocenters. The highest BCUT2D eigenvalue weighted by Crippen LogP contribution is 2.58. The van der Waals surface area contributed by atoms with Crippen molar-refractivity contribution in [3.8, 4) is 0 Å². The first kappa shape index (κ1) is 12.3. The number of halogens is 1. The first-order chi connectivity index (χ1) is 7.56. The molecule has 2 aliphatic carbocycles. The summed E-state index contributed by atoms with van der Waals surface area (Å²) >= 11 is 3.07. The first-order valence-electron chi connectivity index (χ1n) is 6.41. The van der Waals surface area contributed by atoms with Crippen molar-refractivity contribution >= 4 is 20.6 Å². The quantitative estimate of drug-likeness (QED) is 0.557. The standard InChI is InChI=1S/C14H21BrO/c1-10-4-3-8-14(9-7-13(15)16)11(2)5-6-12(10)14/h3-4,10-12H,5-9H2,1-2H3/t10-,11+,12+,14+/m0/s1. The van der Waals surface area contributed by atoms with E-state index in [0.29, 0.717) is 17.8 Å². The molecule has 0 bridgehead atoms. The molecule has 0 aromatic carbocycles. The van der Waals surface area contributed by atoms with E-state index in [1.165, 1.54) is 19.3 Å². The number of fused-ring (bicyclic) bond motifs is 1. The van der Waals surface area contributed by atoms with Crippen LogP contribution in [0, 0.1) is 23.2 Å². The summed E-state index contributed by atoms with van der Waals surface area (Å²) in [7, 11) is 0. The maximum Gasteiger partial charge on any atom is 0.197 e. The van der Waals surface area contributed by atoms with E-state index in [4.69, 9.17) is 0 Å². The minimum Gasteiger partial charge on any atom is -0.287 e. The van der Waals surface area contributed by atoms with Gasteiger partial charge in [0, 0.05) is 6.42 Å². The van der Waals surface area contributed by atoms with Crippen molar-refractivity contribution < 1.29 is 4.79 Å². The molecule has 0 amide bonds. The average Bonchev–Trinajstić information content (AvgIpc) is 2.56. The van der Waals surface area contributed by atoms with Crippen molar-refractivity contribution in [2.24, 2.45) is 23.2 Å². The van der Waals surface area contributed by atoms with Crippen LogP contribution in [0.3, 0.4) is 0 Å². The Kier molecular flexibility index (Phi) is 3.58. The fourth-order valence-corrected chi connectivity index (χ4v) is 4.21. The van der Waals surface area contributed by atoms with Crippen LogP contribution in [0.4, 0.5) is 0 Å². The predicted octanol–water partition coefficient (Wildman–Crippen LogP) is 4.32. The van der Waals surface area contributed by atoms with Crippen molar-refractivity contribution in [3.63, 3.8) is 0 Å². The van der Waals surface area contributed by atoms with E-state index in [2.05, 4.69) is 41.9 Å². The number of hydrogen-bond donors (Lipinski definition) is 0. The van der Waals surface area contributed by atoms with E-state index in [1.54, 1.807) is 0 Å². The second-order valence-electron chi connectivity index (χ2n) is 5.66. The minimum absolute atomic E-state index is 0.168. The summed E-state index contributed by atoms with van der Waals surface area (Å²) in [5.74, 6) is 2.28. The lowest BCUT2D eigenvalue weighted by Crippen LogP contribution is -2.36. The van der Waals surface area contributed by atoms with Crippen molar-refractivity contribution in [3.05, 3.63) is 12.2 Å². The lowest BCUT2D eigenvalue weighted by atomic mass is 9.61. The largest absolute Gasteiger partial charge is 0.287 e. The third kappa shape index (κ3) is 2.01. The average molecular weight is 285 g/mol. The summed E-state index contributed by atoms with van der Waals surface area (Å²) in [4.78, 5) is 11.2. The van der Waals surface area contributed by atoms with E-state index in [-0.39, 0.29) is 4.69 Å². The molecular weight excluding hydrogens is 264 g/mol. The zero-order valence-corrected chi connectivity index (χ0v) is 11.8. The van der Waals surface area contributed by atoms with Crippen LogP contribution in [0.15, 0.2) is 12.2 Å². The van der Waals surface area contributed by atoms with Crippen molar-refractivity contribution in [2.45, 2.75) is 46.0 Å².